The molecule has 0 fully saturated rings. The first-order valence-corrected chi connectivity index (χ1v) is 12.5. The summed E-state index contributed by atoms with van der Waals surface area (Å²) in [4.78, 5) is 12.8. The van der Waals surface area contributed by atoms with Crippen LogP contribution in [0.3, 0.4) is 0 Å². The molecule has 0 aromatic heterocycles. The highest BCUT2D eigenvalue weighted by molar-refractivity contribution is 7.92. The molecule has 8 nitrogen and oxygen atoms in total. The number of carbonyl (C=O) groups excluding carboxylic acids is 1. The largest absolute Gasteiger partial charge is 0.493 e. The smallest absolute Gasteiger partial charge is 0.264 e. The summed E-state index contributed by atoms with van der Waals surface area (Å²) in [6, 6.07) is 17.4. The van der Waals surface area contributed by atoms with Crippen molar-refractivity contribution >= 4 is 50.5 Å². The van der Waals surface area contributed by atoms with Crippen LogP contribution in [0.1, 0.15) is 12.5 Å². The molecular formula is C24H23Cl2N3O5S. The lowest BCUT2D eigenvalue weighted by atomic mass is 10.1. The third kappa shape index (κ3) is 6.05. The maximum absolute atomic E-state index is 13.4. The molecule has 0 bridgehead atoms. The van der Waals surface area contributed by atoms with Gasteiger partial charge in [-0.15, -0.1) is 0 Å². The molecule has 0 saturated carbocycles. The van der Waals surface area contributed by atoms with Crippen molar-refractivity contribution in [3.8, 4) is 11.5 Å². The van der Waals surface area contributed by atoms with Crippen LogP contribution in [-0.4, -0.2) is 40.8 Å². The molecule has 0 aliphatic carbocycles. The number of halogens is 2. The molecule has 0 unspecified atom stereocenters. The zero-order valence-electron chi connectivity index (χ0n) is 19.2. The van der Waals surface area contributed by atoms with Crippen molar-refractivity contribution in [2.45, 2.75) is 11.8 Å². The van der Waals surface area contributed by atoms with E-state index in [0.717, 1.165) is 4.31 Å². The van der Waals surface area contributed by atoms with Crippen molar-refractivity contribution in [3.63, 3.8) is 0 Å². The second-order valence-electron chi connectivity index (χ2n) is 7.20. The van der Waals surface area contributed by atoms with Crippen molar-refractivity contribution in [3.05, 3.63) is 82.3 Å². The van der Waals surface area contributed by atoms with E-state index in [2.05, 4.69) is 10.5 Å². The van der Waals surface area contributed by atoms with Crippen LogP contribution in [0, 0.1) is 0 Å². The van der Waals surface area contributed by atoms with Crippen LogP contribution in [-0.2, 0) is 14.8 Å². The maximum Gasteiger partial charge on any atom is 0.264 e. The van der Waals surface area contributed by atoms with Gasteiger partial charge in [0, 0.05) is 5.56 Å². The van der Waals surface area contributed by atoms with Gasteiger partial charge in [0.2, 0.25) is 0 Å². The van der Waals surface area contributed by atoms with E-state index in [1.807, 2.05) is 0 Å². The van der Waals surface area contributed by atoms with Crippen molar-refractivity contribution < 1.29 is 22.7 Å². The average molecular weight is 536 g/mol. The molecule has 0 saturated heterocycles. The van der Waals surface area contributed by atoms with Gasteiger partial charge in [0.15, 0.2) is 11.5 Å². The SMILES string of the molecule is COc1ccc(/C(C)=N/NC(=O)CN(c2cccc(Cl)c2Cl)S(=O)(=O)c2ccccc2)cc1OC. The Morgan fingerprint density at radius 3 is 2.31 bits per heavy atom. The number of carbonyl (C=O) groups is 1. The van der Waals surface area contributed by atoms with E-state index in [4.69, 9.17) is 32.7 Å². The van der Waals surface area contributed by atoms with Crippen LogP contribution < -0.4 is 19.2 Å². The van der Waals surface area contributed by atoms with Gasteiger partial charge in [-0.05, 0) is 49.4 Å². The molecular weight excluding hydrogens is 513 g/mol. The molecule has 1 N–H and O–H groups in total. The fourth-order valence-electron chi connectivity index (χ4n) is 3.14. The number of rotatable bonds is 9. The predicted octanol–water partition coefficient (Wildman–Crippen LogP) is 4.75. The molecule has 3 aromatic rings. The molecule has 0 aliphatic heterocycles. The van der Waals surface area contributed by atoms with Crippen molar-refractivity contribution in [2.75, 3.05) is 25.1 Å². The van der Waals surface area contributed by atoms with Gasteiger partial charge in [-0.2, -0.15) is 5.10 Å². The average Bonchev–Trinajstić information content (AvgIpc) is 2.87. The Kier molecular flexibility index (Phi) is 8.61. The van der Waals surface area contributed by atoms with Crippen LogP contribution in [0.25, 0.3) is 0 Å². The van der Waals surface area contributed by atoms with Crippen molar-refractivity contribution in [1.82, 2.24) is 5.43 Å². The zero-order chi connectivity index (χ0) is 25.6. The van der Waals surface area contributed by atoms with E-state index in [1.54, 1.807) is 49.4 Å². The lowest BCUT2D eigenvalue weighted by Crippen LogP contribution is -2.40. The minimum atomic E-state index is -4.15. The quantitative estimate of drug-likeness (QED) is 0.315. The van der Waals surface area contributed by atoms with Crippen LogP contribution >= 0.6 is 23.2 Å². The molecule has 0 spiro atoms. The highest BCUT2D eigenvalue weighted by atomic mass is 35.5. The summed E-state index contributed by atoms with van der Waals surface area (Å²) >= 11 is 12.4. The predicted molar refractivity (Wildman–Crippen MR) is 137 cm³/mol. The summed E-state index contributed by atoms with van der Waals surface area (Å²) in [5, 5.41) is 4.27. The Morgan fingerprint density at radius 1 is 0.971 bits per heavy atom. The van der Waals surface area contributed by atoms with E-state index in [9.17, 15) is 13.2 Å². The number of hydrogen-bond acceptors (Lipinski definition) is 6. The topological polar surface area (TPSA) is 97.3 Å². The lowest BCUT2D eigenvalue weighted by molar-refractivity contribution is -0.119. The molecule has 11 heteroatoms. The number of ether oxygens (including phenoxy) is 2. The van der Waals surface area contributed by atoms with Gasteiger partial charge in [-0.3, -0.25) is 9.10 Å². The summed E-state index contributed by atoms with van der Waals surface area (Å²) in [5.74, 6) is 0.371. The molecule has 0 heterocycles. The van der Waals surface area contributed by atoms with Gasteiger partial charge < -0.3 is 9.47 Å². The third-order valence-electron chi connectivity index (χ3n) is 4.97. The van der Waals surface area contributed by atoms with Crippen LogP contribution in [0.15, 0.2) is 76.7 Å². The maximum atomic E-state index is 13.4. The Bertz CT molecular complexity index is 1350. The third-order valence-corrected chi connectivity index (χ3v) is 7.55. The second-order valence-corrected chi connectivity index (χ2v) is 9.85. The monoisotopic (exact) mass is 535 g/mol. The van der Waals surface area contributed by atoms with Crippen LogP contribution in [0.4, 0.5) is 5.69 Å². The van der Waals surface area contributed by atoms with Gasteiger partial charge in [0.1, 0.15) is 6.54 Å². The Hall–Kier alpha value is -3.27. The standard InChI is InChI=1S/C24H23Cl2N3O5S/c1-16(17-12-13-21(33-2)22(14-17)34-3)27-28-23(30)15-29(20-11-7-10-19(25)24(20)26)35(31,32)18-8-5-4-6-9-18/h4-14H,15H2,1-3H3,(H,28,30)/b27-16+. The fraction of sp³-hybridized carbons (Fsp3) is 0.167. The summed E-state index contributed by atoms with van der Waals surface area (Å²) in [6.45, 7) is 1.11. The van der Waals surface area contributed by atoms with E-state index in [0.29, 0.717) is 22.8 Å². The first kappa shape index (κ1) is 26.3. The first-order chi connectivity index (χ1) is 16.7. The van der Waals surface area contributed by atoms with E-state index < -0.39 is 22.5 Å². The van der Waals surface area contributed by atoms with Crippen LogP contribution in [0.5, 0.6) is 11.5 Å². The molecule has 0 radical (unpaired) electrons. The molecule has 0 atom stereocenters. The summed E-state index contributed by atoms with van der Waals surface area (Å²) in [7, 11) is -1.10. The number of nitrogens with zero attached hydrogens (tertiary/aromatic N) is 2. The summed E-state index contributed by atoms with van der Waals surface area (Å²) in [5.41, 5.74) is 3.61. The Labute approximate surface area is 214 Å². The fourth-order valence-corrected chi connectivity index (χ4v) is 5.04. The number of hydrazone groups is 1. The highest BCUT2D eigenvalue weighted by Gasteiger charge is 2.29. The molecule has 35 heavy (non-hydrogen) atoms. The zero-order valence-corrected chi connectivity index (χ0v) is 21.5. The number of nitrogens with one attached hydrogen (secondary N) is 1. The number of anilines is 1. The van der Waals surface area contributed by atoms with E-state index >= 15 is 0 Å². The number of sulfonamides is 1. The van der Waals surface area contributed by atoms with Gasteiger partial charge in [0.05, 0.1) is 40.6 Å². The minimum Gasteiger partial charge on any atom is -0.493 e. The van der Waals surface area contributed by atoms with Gasteiger partial charge in [-0.25, -0.2) is 13.8 Å². The van der Waals surface area contributed by atoms with Gasteiger partial charge >= 0.3 is 0 Å². The number of methoxy groups -OCH3 is 2. The van der Waals surface area contributed by atoms with Crippen molar-refractivity contribution in [2.24, 2.45) is 5.10 Å². The van der Waals surface area contributed by atoms with Crippen molar-refractivity contribution in [1.29, 1.82) is 0 Å². The second kappa shape index (κ2) is 11.4. The molecule has 1 amide bonds. The molecule has 184 valence electrons. The lowest BCUT2D eigenvalue weighted by Gasteiger charge is -2.25. The molecule has 3 rings (SSSR count). The molecule has 3 aromatic carbocycles. The summed E-state index contributed by atoms with van der Waals surface area (Å²) in [6.07, 6.45) is 0. The minimum absolute atomic E-state index is 0.00569. The van der Waals surface area contributed by atoms with Crippen LogP contribution in [0.2, 0.25) is 10.0 Å². The Balaban J connectivity index is 1.89. The number of hydrogen-bond donors (Lipinski definition) is 1. The molecule has 0 aliphatic rings. The number of benzene rings is 3. The van der Waals surface area contributed by atoms with E-state index in [1.165, 1.54) is 38.5 Å². The summed E-state index contributed by atoms with van der Waals surface area (Å²) < 4.78 is 38.2. The van der Waals surface area contributed by atoms with Gasteiger partial charge in [-0.1, -0.05) is 47.5 Å². The highest BCUT2D eigenvalue weighted by Crippen LogP contribution is 2.35. The Morgan fingerprint density at radius 2 is 1.66 bits per heavy atom. The normalized spacial score (nSPS) is 11.6. The first-order valence-electron chi connectivity index (χ1n) is 10.3. The van der Waals surface area contributed by atoms with E-state index in [-0.39, 0.29) is 20.6 Å². The number of amides is 1. The van der Waals surface area contributed by atoms with Gasteiger partial charge in [0.25, 0.3) is 15.9 Å².